The molecule has 2 rings (SSSR count). The highest BCUT2D eigenvalue weighted by molar-refractivity contribution is 5.78. The second kappa shape index (κ2) is 4.94. The molecule has 15 heavy (non-hydrogen) atoms. The maximum atomic E-state index is 11.7. The van der Waals surface area contributed by atoms with Crippen LogP contribution in [0.4, 0.5) is 0 Å². The van der Waals surface area contributed by atoms with Crippen molar-refractivity contribution in [1.82, 2.24) is 4.90 Å². The van der Waals surface area contributed by atoms with Crippen molar-refractivity contribution < 1.29 is 14.6 Å². The topological polar surface area (TPSA) is 49.8 Å². The quantitative estimate of drug-likeness (QED) is 0.744. The third-order valence-electron chi connectivity index (χ3n) is 3.38. The van der Waals surface area contributed by atoms with Gasteiger partial charge in [-0.1, -0.05) is 12.8 Å². The van der Waals surface area contributed by atoms with Gasteiger partial charge in [-0.2, -0.15) is 0 Å². The smallest absolute Gasteiger partial charge is 0.248 e. The molecule has 86 valence electrons. The summed E-state index contributed by atoms with van der Waals surface area (Å²) in [6.45, 7) is 1.00. The van der Waals surface area contributed by atoms with Crippen molar-refractivity contribution in [3.8, 4) is 0 Å². The number of ether oxygens (including phenoxy) is 1. The number of aliphatic hydroxyl groups excluding tert-OH is 1. The Kier molecular flexibility index (Phi) is 3.59. The fraction of sp³-hybridized carbons (Fsp3) is 0.909. The maximum Gasteiger partial charge on any atom is 0.248 e. The minimum absolute atomic E-state index is 0.0355. The van der Waals surface area contributed by atoms with Gasteiger partial charge in [0, 0.05) is 19.2 Å². The third kappa shape index (κ3) is 2.49. The first kappa shape index (κ1) is 10.9. The Morgan fingerprint density at radius 2 is 2.13 bits per heavy atom. The molecule has 0 bridgehead atoms. The molecule has 1 amide bonds. The molecule has 0 spiro atoms. The Labute approximate surface area is 90.2 Å². The number of carbonyl (C=O) groups is 1. The van der Waals surface area contributed by atoms with Crippen LogP contribution >= 0.6 is 0 Å². The number of carbonyl (C=O) groups excluding carboxylic acids is 1. The lowest BCUT2D eigenvalue weighted by molar-refractivity contribution is -0.153. The van der Waals surface area contributed by atoms with Gasteiger partial charge < -0.3 is 14.7 Å². The lowest BCUT2D eigenvalue weighted by Gasteiger charge is -2.36. The molecule has 2 fully saturated rings. The highest BCUT2D eigenvalue weighted by atomic mass is 16.5. The fourth-order valence-electron chi connectivity index (χ4n) is 2.53. The van der Waals surface area contributed by atoms with Crippen LogP contribution in [0.5, 0.6) is 0 Å². The van der Waals surface area contributed by atoms with Crippen LogP contribution < -0.4 is 0 Å². The van der Waals surface area contributed by atoms with Gasteiger partial charge in [0.25, 0.3) is 0 Å². The van der Waals surface area contributed by atoms with Gasteiger partial charge in [0.2, 0.25) is 5.91 Å². The van der Waals surface area contributed by atoms with Crippen molar-refractivity contribution >= 4 is 5.91 Å². The summed E-state index contributed by atoms with van der Waals surface area (Å²) in [4.78, 5) is 13.6. The van der Waals surface area contributed by atoms with E-state index in [0.717, 1.165) is 12.8 Å². The summed E-state index contributed by atoms with van der Waals surface area (Å²) in [6.07, 6.45) is 5.42. The monoisotopic (exact) mass is 213 g/mol. The van der Waals surface area contributed by atoms with Crippen molar-refractivity contribution in [3.05, 3.63) is 0 Å². The van der Waals surface area contributed by atoms with Gasteiger partial charge in [-0.15, -0.1) is 0 Å². The summed E-state index contributed by atoms with van der Waals surface area (Å²) >= 11 is 0. The van der Waals surface area contributed by atoms with E-state index in [1.54, 1.807) is 0 Å². The van der Waals surface area contributed by atoms with Crippen molar-refractivity contribution in [2.24, 2.45) is 0 Å². The lowest BCUT2D eigenvalue weighted by atomic mass is 10.1. The molecule has 4 nitrogen and oxygen atoms in total. The van der Waals surface area contributed by atoms with Crippen molar-refractivity contribution in [3.63, 3.8) is 0 Å². The molecule has 1 saturated carbocycles. The summed E-state index contributed by atoms with van der Waals surface area (Å²) in [6, 6.07) is 0.433. The van der Waals surface area contributed by atoms with Crippen LogP contribution in [-0.2, 0) is 9.53 Å². The van der Waals surface area contributed by atoms with E-state index in [4.69, 9.17) is 9.84 Å². The van der Waals surface area contributed by atoms with Crippen molar-refractivity contribution in [2.75, 3.05) is 19.8 Å². The first-order valence-corrected chi connectivity index (χ1v) is 5.83. The normalized spacial score (nSPS) is 28.7. The van der Waals surface area contributed by atoms with Gasteiger partial charge in [0.15, 0.2) is 0 Å². The molecule has 1 heterocycles. The number of nitrogens with zero attached hydrogens (tertiary/aromatic N) is 1. The molecule has 2 aliphatic rings. The molecule has 0 radical (unpaired) electrons. The SMILES string of the molecule is O=C1COC(CCO)CN1C1CCCC1. The van der Waals surface area contributed by atoms with Crippen LogP contribution in [0.3, 0.4) is 0 Å². The van der Waals surface area contributed by atoms with E-state index in [9.17, 15) is 4.79 Å². The molecule has 1 aliphatic carbocycles. The second-order valence-corrected chi connectivity index (χ2v) is 4.43. The molecule has 1 N–H and O–H groups in total. The Morgan fingerprint density at radius 1 is 1.40 bits per heavy atom. The molecule has 1 atom stereocenters. The summed E-state index contributed by atoms with van der Waals surface area (Å²) in [5.74, 6) is 0.121. The van der Waals surface area contributed by atoms with Gasteiger partial charge in [0.1, 0.15) is 6.61 Å². The van der Waals surface area contributed by atoms with Crippen LogP contribution in [0.15, 0.2) is 0 Å². The number of morpholine rings is 1. The highest BCUT2D eigenvalue weighted by Crippen LogP contribution is 2.25. The molecular formula is C11H19NO3. The summed E-state index contributed by atoms with van der Waals surface area (Å²) in [5, 5.41) is 8.85. The minimum atomic E-state index is 0.0355. The Hall–Kier alpha value is -0.610. The molecule has 1 saturated heterocycles. The number of amides is 1. The Bertz CT molecular complexity index is 226. The highest BCUT2D eigenvalue weighted by Gasteiger charge is 2.32. The zero-order chi connectivity index (χ0) is 10.7. The van der Waals surface area contributed by atoms with Crippen LogP contribution in [0, 0.1) is 0 Å². The molecular weight excluding hydrogens is 194 g/mol. The molecule has 4 heteroatoms. The van der Waals surface area contributed by atoms with Gasteiger partial charge in [-0.3, -0.25) is 4.79 Å². The van der Waals surface area contributed by atoms with Gasteiger partial charge >= 0.3 is 0 Å². The number of hydrogen-bond donors (Lipinski definition) is 1. The van der Waals surface area contributed by atoms with E-state index in [1.807, 2.05) is 4.90 Å². The van der Waals surface area contributed by atoms with E-state index >= 15 is 0 Å². The molecule has 1 unspecified atom stereocenters. The zero-order valence-electron chi connectivity index (χ0n) is 9.02. The maximum absolute atomic E-state index is 11.7. The van der Waals surface area contributed by atoms with E-state index in [2.05, 4.69) is 0 Å². The summed E-state index contributed by atoms with van der Waals surface area (Å²) < 4.78 is 5.37. The van der Waals surface area contributed by atoms with Crippen LogP contribution in [0.2, 0.25) is 0 Å². The molecule has 0 aromatic rings. The Balaban J connectivity index is 1.92. The molecule has 0 aromatic heterocycles. The van der Waals surface area contributed by atoms with Crippen molar-refractivity contribution in [2.45, 2.75) is 44.2 Å². The van der Waals surface area contributed by atoms with E-state index < -0.39 is 0 Å². The molecule has 1 aliphatic heterocycles. The van der Waals surface area contributed by atoms with E-state index in [-0.39, 0.29) is 25.2 Å². The fourth-order valence-corrected chi connectivity index (χ4v) is 2.53. The lowest BCUT2D eigenvalue weighted by Crippen LogP contribution is -2.50. The largest absolute Gasteiger partial charge is 0.396 e. The van der Waals surface area contributed by atoms with Gasteiger partial charge in [0.05, 0.1) is 6.10 Å². The first-order chi connectivity index (χ1) is 7.31. The predicted octanol–water partition coefficient (Wildman–Crippen LogP) is 0.539. The van der Waals surface area contributed by atoms with Crippen LogP contribution in [0.1, 0.15) is 32.1 Å². The van der Waals surface area contributed by atoms with Crippen LogP contribution in [-0.4, -0.2) is 47.8 Å². The summed E-state index contributed by atoms with van der Waals surface area (Å²) in [5.41, 5.74) is 0. The van der Waals surface area contributed by atoms with Gasteiger partial charge in [-0.05, 0) is 19.3 Å². The van der Waals surface area contributed by atoms with E-state index in [0.29, 0.717) is 19.0 Å². The second-order valence-electron chi connectivity index (χ2n) is 4.43. The third-order valence-corrected chi connectivity index (χ3v) is 3.38. The number of hydrogen-bond acceptors (Lipinski definition) is 3. The average molecular weight is 213 g/mol. The standard InChI is InChI=1S/C11H19NO3/c13-6-5-10-7-12(11(14)8-15-10)9-3-1-2-4-9/h9-10,13H,1-8H2. The predicted molar refractivity (Wildman–Crippen MR) is 55.4 cm³/mol. The van der Waals surface area contributed by atoms with Gasteiger partial charge in [-0.25, -0.2) is 0 Å². The first-order valence-electron chi connectivity index (χ1n) is 5.83. The summed E-state index contributed by atoms with van der Waals surface area (Å²) in [7, 11) is 0. The minimum Gasteiger partial charge on any atom is -0.396 e. The average Bonchev–Trinajstić information content (AvgIpc) is 2.74. The Morgan fingerprint density at radius 3 is 2.80 bits per heavy atom. The van der Waals surface area contributed by atoms with Crippen LogP contribution in [0.25, 0.3) is 0 Å². The van der Waals surface area contributed by atoms with Crippen molar-refractivity contribution in [1.29, 1.82) is 0 Å². The number of aliphatic hydroxyl groups is 1. The number of rotatable bonds is 3. The molecule has 0 aromatic carbocycles. The van der Waals surface area contributed by atoms with E-state index in [1.165, 1.54) is 12.8 Å². The zero-order valence-corrected chi connectivity index (χ0v) is 9.02.